The number of hydrogen-bond acceptors (Lipinski definition) is 5. The average Bonchev–Trinajstić information content (AvgIpc) is 2.84. The number of carbonyl (C=O) groups excluding carboxylic acids is 1. The van der Waals surface area contributed by atoms with Crippen LogP contribution in [0.15, 0.2) is 30.6 Å². The summed E-state index contributed by atoms with van der Waals surface area (Å²) in [6, 6.07) is 7.66. The highest BCUT2D eigenvalue weighted by Crippen LogP contribution is 2.22. The monoisotopic (exact) mass is 340 g/mol. The van der Waals surface area contributed by atoms with Gasteiger partial charge in [-0.2, -0.15) is 0 Å². The molecular weight excluding hydrogens is 316 g/mol. The van der Waals surface area contributed by atoms with Crippen molar-refractivity contribution >= 4 is 11.7 Å². The van der Waals surface area contributed by atoms with Gasteiger partial charge in [0.2, 0.25) is 5.91 Å². The van der Waals surface area contributed by atoms with Gasteiger partial charge in [-0.1, -0.05) is 12.1 Å². The molecule has 0 unspecified atom stereocenters. The van der Waals surface area contributed by atoms with E-state index in [1.807, 2.05) is 48.2 Å². The Morgan fingerprint density at radius 2 is 1.88 bits per heavy atom. The van der Waals surface area contributed by atoms with Crippen LogP contribution in [-0.2, 0) is 24.1 Å². The van der Waals surface area contributed by atoms with E-state index in [1.54, 1.807) is 13.4 Å². The van der Waals surface area contributed by atoms with Crippen LogP contribution in [0.2, 0.25) is 0 Å². The molecule has 132 valence electrons. The van der Waals surface area contributed by atoms with Crippen LogP contribution in [-0.4, -0.2) is 55.1 Å². The maximum Gasteiger partial charge on any atom is 0.227 e. The second kappa shape index (κ2) is 7.51. The van der Waals surface area contributed by atoms with Crippen LogP contribution in [0.3, 0.4) is 0 Å². The third-order valence-corrected chi connectivity index (χ3v) is 4.55. The summed E-state index contributed by atoms with van der Waals surface area (Å²) in [5, 5.41) is 0. The normalized spacial score (nSPS) is 13.8. The molecule has 1 aliphatic heterocycles. The van der Waals surface area contributed by atoms with E-state index < -0.39 is 0 Å². The van der Waals surface area contributed by atoms with Gasteiger partial charge in [0, 0.05) is 39.2 Å². The highest BCUT2D eigenvalue weighted by atomic mass is 16.5. The van der Waals surface area contributed by atoms with Crippen molar-refractivity contribution in [2.24, 2.45) is 0 Å². The minimum atomic E-state index is 0.150. The highest BCUT2D eigenvalue weighted by Gasteiger charge is 2.22. The topological polar surface area (TPSA) is 58.6 Å². The molecule has 25 heavy (non-hydrogen) atoms. The minimum absolute atomic E-state index is 0.150. The Balaban J connectivity index is 1.68. The van der Waals surface area contributed by atoms with Crippen LogP contribution in [0.25, 0.3) is 0 Å². The van der Waals surface area contributed by atoms with Gasteiger partial charge in [0.1, 0.15) is 17.9 Å². The quantitative estimate of drug-likeness (QED) is 0.848. The van der Waals surface area contributed by atoms with Crippen LogP contribution in [0.4, 0.5) is 5.82 Å². The zero-order chi connectivity index (χ0) is 17.8. The summed E-state index contributed by atoms with van der Waals surface area (Å²) in [5.41, 5.74) is 3.21. The van der Waals surface area contributed by atoms with Crippen molar-refractivity contribution in [3.63, 3.8) is 0 Å². The molecular formula is C19H24N4O2. The molecule has 0 saturated heterocycles. The summed E-state index contributed by atoms with van der Waals surface area (Å²) in [7, 11) is 5.61. The summed E-state index contributed by atoms with van der Waals surface area (Å²) in [4.78, 5) is 25.5. The van der Waals surface area contributed by atoms with E-state index in [2.05, 4.69) is 9.97 Å². The van der Waals surface area contributed by atoms with Gasteiger partial charge in [-0.3, -0.25) is 4.79 Å². The van der Waals surface area contributed by atoms with Crippen molar-refractivity contribution in [2.75, 3.05) is 39.2 Å². The van der Waals surface area contributed by atoms with E-state index >= 15 is 0 Å². The molecule has 6 heteroatoms. The molecule has 6 nitrogen and oxygen atoms in total. The average molecular weight is 340 g/mol. The van der Waals surface area contributed by atoms with Gasteiger partial charge < -0.3 is 14.5 Å². The lowest BCUT2D eigenvalue weighted by molar-refractivity contribution is -0.130. The lowest BCUT2D eigenvalue weighted by Gasteiger charge is -2.20. The molecule has 3 rings (SSSR count). The third kappa shape index (κ3) is 3.90. The fourth-order valence-electron chi connectivity index (χ4n) is 3.17. The van der Waals surface area contributed by atoms with E-state index in [1.165, 1.54) is 0 Å². The number of aromatic nitrogens is 2. The molecule has 0 saturated carbocycles. The first-order valence-corrected chi connectivity index (χ1v) is 8.49. The van der Waals surface area contributed by atoms with Crippen LogP contribution < -0.4 is 9.64 Å². The van der Waals surface area contributed by atoms with E-state index in [4.69, 9.17) is 4.74 Å². The second-order valence-corrected chi connectivity index (χ2v) is 6.42. The number of nitrogens with zero attached hydrogens (tertiary/aromatic N) is 4. The molecule has 0 bridgehead atoms. The summed E-state index contributed by atoms with van der Waals surface area (Å²) in [6.45, 7) is 1.40. The number of anilines is 1. The molecule has 0 aliphatic carbocycles. The van der Waals surface area contributed by atoms with Gasteiger partial charge in [-0.25, -0.2) is 9.97 Å². The summed E-state index contributed by atoms with van der Waals surface area (Å²) in [6.07, 6.45) is 3.58. The number of hydrogen-bond donors (Lipinski definition) is 0. The van der Waals surface area contributed by atoms with Gasteiger partial charge >= 0.3 is 0 Å². The van der Waals surface area contributed by atoms with Crippen LogP contribution in [0.1, 0.15) is 16.8 Å². The van der Waals surface area contributed by atoms with Gasteiger partial charge in [0.05, 0.1) is 19.2 Å². The SMILES string of the molecule is COc1ccc(CC(=O)N2CCc3ncnc(N(C)C)c3CC2)cc1. The predicted molar refractivity (Wildman–Crippen MR) is 97.0 cm³/mol. The predicted octanol–water partition coefficient (Wildman–Crippen LogP) is 1.72. The lowest BCUT2D eigenvalue weighted by atomic mass is 10.1. The second-order valence-electron chi connectivity index (χ2n) is 6.42. The zero-order valence-electron chi connectivity index (χ0n) is 15.0. The first kappa shape index (κ1) is 17.2. The van der Waals surface area contributed by atoms with Crippen molar-refractivity contribution < 1.29 is 9.53 Å². The number of carbonyl (C=O) groups is 1. The van der Waals surface area contributed by atoms with Crippen molar-refractivity contribution in [1.82, 2.24) is 14.9 Å². The van der Waals surface area contributed by atoms with E-state index in [0.717, 1.165) is 41.2 Å². The largest absolute Gasteiger partial charge is 0.497 e. The standard InChI is InChI=1S/C19H24N4O2/c1-22(2)19-16-8-10-23(11-9-17(16)20-13-21-19)18(24)12-14-4-6-15(25-3)7-5-14/h4-7,13H,8-12H2,1-3H3. The molecule has 1 aliphatic rings. The molecule has 1 aromatic heterocycles. The minimum Gasteiger partial charge on any atom is -0.497 e. The van der Waals surface area contributed by atoms with Crippen molar-refractivity contribution in [3.05, 3.63) is 47.4 Å². The zero-order valence-corrected chi connectivity index (χ0v) is 15.0. The van der Waals surface area contributed by atoms with Gasteiger partial charge in [0.25, 0.3) is 0 Å². The number of benzene rings is 1. The summed E-state index contributed by atoms with van der Waals surface area (Å²) in [5.74, 6) is 1.91. The number of fused-ring (bicyclic) bond motifs is 1. The number of methoxy groups -OCH3 is 1. The first-order valence-electron chi connectivity index (χ1n) is 8.49. The Labute approximate surface area is 148 Å². The number of rotatable bonds is 4. The van der Waals surface area contributed by atoms with Crippen LogP contribution >= 0.6 is 0 Å². The lowest BCUT2D eigenvalue weighted by Crippen LogP contribution is -2.34. The van der Waals surface area contributed by atoms with E-state index in [0.29, 0.717) is 19.5 Å². The number of amides is 1. The molecule has 0 radical (unpaired) electrons. The van der Waals surface area contributed by atoms with E-state index in [9.17, 15) is 4.79 Å². The molecule has 0 fully saturated rings. The highest BCUT2D eigenvalue weighted by molar-refractivity contribution is 5.79. The smallest absolute Gasteiger partial charge is 0.227 e. The molecule has 1 aromatic carbocycles. The Morgan fingerprint density at radius 1 is 1.16 bits per heavy atom. The third-order valence-electron chi connectivity index (χ3n) is 4.55. The van der Waals surface area contributed by atoms with Crippen LogP contribution in [0, 0.1) is 0 Å². The van der Waals surface area contributed by atoms with E-state index in [-0.39, 0.29) is 5.91 Å². The maximum absolute atomic E-state index is 12.7. The molecule has 2 aromatic rings. The number of ether oxygens (including phenoxy) is 1. The summed E-state index contributed by atoms with van der Waals surface area (Å²) >= 11 is 0. The van der Waals surface area contributed by atoms with Crippen molar-refractivity contribution in [3.8, 4) is 5.75 Å². The Hall–Kier alpha value is -2.63. The fourth-order valence-corrected chi connectivity index (χ4v) is 3.17. The van der Waals surface area contributed by atoms with Gasteiger partial charge in [-0.05, 0) is 24.1 Å². The Morgan fingerprint density at radius 3 is 2.56 bits per heavy atom. The van der Waals surface area contributed by atoms with Crippen LogP contribution in [0.5, 0.6) is 5.75 Å². The molecule has 1 amide bonds. The first-order chi connectivity index (χ1) is 12.1. The fraction of sp³-hybridized carbons (Fsp3) is 0.421. The van der Waals surface area contributed by atoms with Gasteiger partial charge in [0.15, 0.2) is 0 Å². The molecule has 0 N–H and O–H groups in total. The molecule has 2 heterocycles. The Bertz CT molecular complexity index is 744. The van der Waals surface area contributed by atoms with Crippen molar-refractivity contribution in [1.29, 1.82) is 0 Å². The summed E-state index contributed by atoms with van der Waals surface area (Å²) < 4.78 is 5.16. The van der Waals surface area contributed by atoms with Gasteiger partial charge in [-0.15, -0.1) is 0 Å². The maximum atomic E-state index is 12.7. The molecule has 0 atom stereocenters. The van der Waals surface area contributed by atoms with Crippen molar-refractivity contribution in [2.45, 2.75) is 19.3 Å². The Kier molecular flexibility index (Phi) is 5.16. The molecule has 0 spiro atoms.